The molecule has 17 heavy (non-hydrogen) atoms. The van der Waals surface area contributed by atoms with Crippen molar-refractivity contribution in [3.8, 4) is 0 Å². The van der Waals surface area contributed by atoms with Gasteiger partial charge in [0.05, 0.1) is 0 Å². The fourth-order valence-corrected chi connectivity index (χ4v) is 2.45. The minimum absolute atomic E-state index is 0.534. The summed E-state index contributed by atoms with van der Waals surface area (Å²) < 4.78 is 0. The van der Waals surface area contributed by atoms with Crippen molar-refractivity contribution in [2.24, 2.45) is 5.41 Å². The van der Waals surface area contributed by atoms with Gasteiger partial charge >= 0.3 is 0 Å². The van der Waals surface area contributed by atoms with Crippen LogP contribution in [0.4, 0.5) is 5.69 Å². The van der Waals surface area contributed by atoms with Crippen LogP contribution in [-0.2, 0) is 0 Å². The quantitative estimate of drug-likeness (QED) is 0.727. The van der Waals surface area contributed by atoms with Gasteiger partial charge in [0.2, 0.25) is 0 Å². The lowest BCUT2D eigenvalue weighted by molar-refractivity contribution is 0.280. The molecule has 0 amide bonds. The molecule has 0 aromatic heterocycles. The summed E-state index contributed by atoms with van der Waals surface area (Å²) in [6.45, 7) is 11.7. The first-order valence-corrected chi connectivity index (χ1v) is 6.83. The van der Waals surface area contributed by atoms with E-state index in [2.05, 4.69) is 56.9 Å². The van der Waals surface area contributed by atoms with Crippen LogP contribution in [0.1, 0.15) is 52.0 Å². The summed E-state index contributed by atoms with van der Waals surface area (Å²) in [4.78, 5) is 2.54. The van der Waals surface area contributed by atoms with Crippen molar-refractivity contribution in [1.82, 2.24) is 0 Å². The molecule has 0 radical (unpaired) electrons. The number of anilines is 1. The monoisotopic (exact) mass is 231 g/mol. The zero-order valence-electron chi connectivity index (χ0n) is 11.7. The van der Waals surface area contributed by atoms with Crippen LogP contribution in [-0.4, -0.2) is 13.1 Å². The fourth-order valence-electron chi connectivity index (χ4n) is 2.45. The Morgan fingerprint density at radius 3 is 2.35 bits per heavy atom. The molecule has 1 fully saturated rings. The maximum Gasteiger partial charge on any atom is 0.0369 e. The number of nitrogens with zero attached hydrogens (tertiary/aromatic N) is 1. The molecule has 1 aromatic carbocycles. The Labute approximate surface area is 106 Å². The molecule has 1 nitrogen and oxygen atoms in total. The van der Waals surface area contributed by atoms with Crippen molar-refractivity contribution in [3.05, 3.63) is 29.8 Å². The van der Waals surface area contributed by atoms with Crippen molar-refractivity contribution in [2.75, 3.05) is 18.0 Å². The van der Waals surface area contributed by atoms with Gasteiger partial charge in [-0.25, -0.2) is 0 Å². The van der Waals surface area contributed by atoms with E-state index >= 15 is 0 Å². The highest BCUT2D eigenvalue weighted by Crippen LogP contribution is 2.32. The van der Waals surface area contributed by atoms with E-state index in [0.29, 0.717) is 11.3 Å². The molecule has 0 atom stereocenters. The molecule has 0 aliphatic carbocycles. The van der Waals surface area contributed by atoms with Crippen LogP contribution in [0.25, 0.3) is 0 Å². The Hall–Kier alpha value is -0.980. The van der Waals surface area contributed by atoms with Gasteiger partial charge in [-0.05, 0) is 41.9 Å². The first-order chi connectivity index (χ1) is 7.98. The van der Waals surface area contributed by atoms with E-state index in [4.69, 9.17) is 0 Å². The van der Waals surface area contributed by atoms with Crippen LogP contribution in [0.3, 0.4) is 0 Å². The second-order valence-electron chi connectivity index (χ2n) is 6.40. The third kappa shape index (κ3) is 3.02. The molecule has 0 unspecified atom stereocenters. The average Bonchev–Trinajstić information content (AvgIpc) is 2.29. The van der Waals surface area contributed by atoms with Crippen molar-refractivity contribution in [3.63, 3.8) is 0 Å². The van der Waals surface area contributed by atoms with Gasteiger partial charge in [-0.3, -0.25) is 0 Å². The molecular formula is C16H25N. The minimum atomic E-state index is 0.534. The van der Waals surface area contributed by atoms with E-state index in [1.54, 1.807) is 0 Å². The molecule has 2 rings (SSSR count). The van der Waals surface area contributed by atoms with Gasteiger partial charge in [0.15, 0.2) is 0 Å². The Balaban J connectivity index is 2.10. The zero-order valence-corrected chi connectivity index (χ0v) is 11.7. The average molecular weight is 231 g/mol. The van der Waals surface area contributed by atoms with Crippen molar-refractivity contribution < 1.29 is 0 Å². The fraction of sp³-hybridized carbons (Fsp3) is 0.625. The molecule has 0 spiro atoms. The smallest absolute Gasteiger partial charge is 0.0369 e. The summed E-state index contributed by atoms with van der Waals surface area (Å²) >= 11 is 0. The second-order valence-corrected chi connectivity index (χ2v) is 6.40. The third-order valence-corrected chi connectivity index (χ3v) is 4.02. The van der Waals surface area contributed by atoms with E-state index in [1.165, 1.54) is 37.2 Å². The molecule has 1 heteroatoms. The normalized spacial score (nSPS) is 19.7. The van der Waals surface area contributed by atoms with Crippen LogP contribution >= 0.6 is 0 Å². The maximum atomic E-state index is 2.54. The maximum absolute atomic E-state index is 2.54. The lowest BCUT2D eigenvalue weighted by atomic mass is 9.82. The number of hydrogen-bond donors (Lipinski definition) is 0. The number of benzene rings is 1. The van der Waals surface area contributed by atoms with E-state index in [-0.39, 0.29) is 0 Å². The lowest BCUT2D eigenvalue weighted by Gasteiger charge is -2.38. The van der Waals surface area contributed by atoms with Gasteiger partial charge < -0.3 is 4.90 Å². The van der Waals surface area contributed by atoms with Crippen molar-refractivity contribution in [1.29, 1.82) is 0 Å². The summed E-state index contributed by atoms with van der Waals surface area (Å²) in [6.07, 6.45) is 2.61. The molecule has 0 saturated carbocycles. The molecule has 1 saturated heterocycles. The molecule has 1 aliphatic heterocycles. The van der Waals surface area contributed by atoms with E-state index in [9.17, 15) is 0 Å². The van der Waals surface area contributed by atoms with Crippen LogP contribution < -0.4 is 4.90 Å². The second kappa shape index (κ2) is 4.72. The lowest BCUT2D eigenvalue weighted by Crippen LogP contribution is -2.37. The van der Waals surface area contributed by atoms with Crippen LogP contribution in [0.15, 0.2) is 24.3 Å². The van der Waals surface area contributed by atoms with Gasteiger partial charge in [-0.1, -0.05) is 39.8 Å². The summed E-state index contributed by atoms with van der Waals surface area (Å²) in [5.74, 6) is 0.621. The minimum Gasteiger partial charge on any atom is -0.371 e. The molecule has 0 bridgehead atoms. The first kappa shape index (κ1) is 12.5. The standard InChI is InChI=1S/C16H25N/c1-13(2)14-6-5-7-15(12-14)17-10-8-16(3,4)9-11-17/h5-7,12-13H,8-11H2,1-4H3. The van der Waals surface area contributed by atoms with Gasteiger partial charge in [0, 0.05) is 18.8 Å². The Bertz CT molecular complexity index is 369. The Kier molecular flexibility index (Phi) is 3.46. The topological polar surface area (TPSA) is 3.24 Å². The highest BCUT2D eigenvalue weighted by molar-refractivity contribution is 5.49. The number of rotatable bonds is 2. The van der Waals surface area contributed by atoms with E-state index in [1.807, 2.05) is 0 Å². The SMILES string of the molecule is CC(C)c1cccc(N2CCC(C)(C)CC2)c1. The van der Waals surface area contributed by atoms with Crippen LogP contribution in [0.5, 0.6) is 0 Å². The summed E-state index contributed by atoms with van der Waals surface area (Å²) in [5, 5.41) is 0. The molecule has 1 heterocycles. The van der Waals surface area contributed by atoms with Gasteiger partial charge in [0.1, 0.15) is 0 Å². The van der Waals surface area contributed by atoms with Gasteiger partial charge in [0.25, 0.3) is 0 Å². The summed E-state index contributed by atoms with van der Waals surface area (Å²) in [5.41, 5.74) is 3.39. The van der Waals surface area contributed by atoms with Crippen LogP contribution in [0.2, 0.25) is 0 Å². The molecular weight excluding hydrogens is 206 g/mol. The predicted molar refractivity (Wildman–Crippen MR) is 75.8 cm³/mol. The molecule has 0 N–H and O–H groups in total. The third-order valence-electron chi connectivity index (χ3n) is 4.02. The van der Waals surface area contributed by atoms with Crippen molar-refractivity contribution >= 4 is 5.69 Å². The van der Waals surface area contributed by atoms with E-state index < -0.39 is 0 Å². The van der Waals surface area contributed by atoms with Gasteiger partial charge in [-0.15, -0.1) is 0 Å². The largest absolute Gasteiger partial charge is 0.371 e. The molecule has 1 aliphatic rings. The predicted octanol–water partition coefficient (Wildman–Crippen LogP) is 4.44. The first-order valence-electron chi connectivity index (χ1n) is 6.83. The highest BCUT2D eigenvalue weighted by atomic mass is 15.1. The zero-order chi connectivity index (χ0) is 12.5. The summed E-state index contributed by atoms with van der Waals surface area (Å²) in [6, 6.07) is 9.06. The Morgan fingerprint density at radius 1 is 1.12 bits per heavy atom. The van der Waals surface area contributed by atoms with E-state index in [0.717, 1.165) is 0 Å². The molecule has 94 valence electrons. The Morgan fingerprint density at radius 2 is 1.76 bits per heavy atom. The number of piperidine rings is 1. The van der Waals surface area contributed by atoms with Crippen molar-refractivity contribution in [2.45, 2.75) is 46.5 Å². The highest BCUT2D eigenvalue weighted by Gasteiger charge is 2.25. The number of hydrogen-bond acceptors (Lipinski definition) is 1. The van der Waals surface area contributed by atoms with Gasteiger partial charge in [-0.2, -0.15) is 0 Å². The molecule has 1 aromatic rings. The van der Waals surface area contributed by atoms with Crippen LogP contribution in [0, 0.1) is 5.41 Å². The summed E-state index contributed by atoms with van der Waals surface area (Å²) in [7, 11) is 0.